The van der Waals surface area contributed by atoms with Crippen LogP contribution < -0.4 is 0 Å². The third-order valence-corrected chi connectivity index (χ3v) is 33.5. The molecule has 0 saturated carbocycles. The highest BCUT2D eigenvalue weighted by molar-refractivity contribution is 7.26. The zero-order valence-electron chi connectivity index (χ0n) is 79.1. The summed E-state index contributed by atoms with van der Waals surface area (Å²) in [7, 11) is 0. The Balaban J connectivity index is 0.0000000995. The van der Waals surface area contributed by atoms with Crippen molar-refractivity contribution < 1.29 is 8.83 Å². The van der Waals surface area contributed by atoms with Gasteiger partial charge in [0.05, 0.1) is 56.1 Å². The Morgan fingerprint density at radius 2 is 0.610 bits per heavy atom. The highest BCUT2D eigenvalue weighted by Crippen LogP contribution is 2.55. The van der Waals surface area contributed by atoms with Gasteiger partial charge in [0.1, 0.15) is 22.3 Å². The molecule has 0 unspecified atom stereocenters. The Morgan fingerprint density at radius 1 is 0.212 bits per heavy atom. The van der Waals surface area contributed by atoms with Crippen LogP contribution in [0.15, 0.2) is 446 Å². The van der Waals surface area contributed by atoms with Crippen molar-refractivity contribution in [2.75, 3.05) is 0 Å². The average molecular weight is 1890 g/mol. The minimum atomic E-state index is -0.0239. The summed E-state index contributed by atoms with van der Waals surface area (Å²) in [6, 6.07) is 157. The Morgan fingerprint density at radius 3 is 1.21 bits per heavy atom. The van der Waals surface area contributed by atoms with E-state index in [2.05, 4.69) is 378 Å². The molecule has 33 rings (SSSR count). The summed E-state index contributed by atoms with van der Waals surface area (Å²) in [4.78, 5) is 31.4. The molecule has 31 aromatic rings. The van der Waals surface area contributed by atoms with E-state index < -0.39 is 0 Å². The maximum atomic E-state index is 6.28. The summed E-state index contributed by atoms with van der Waals surface area (Å²) in [5.74, 6) is 0.744. The molecule has 8 nitrogen and oxygen atoms in total. The summed E-state index contributed by atoms with van der Waals surface area (Å²) in [5.41, 5.74) is 29.6. The number of benzene rings is 24. The van der Waals surface area contributed by atoms with Gasteiger partial charge in [-0.2, -0.15) is 0 Å². The molecule has 0 bridgehead atoms. The minimum absolute atomic E-state index is 0.0239. The lowest BCUT2D eigenvalue weighted by Crippen LogP contribution is -2.14. The second-order valence-electron chi connectivity index (χ2n) is 39.5. The van der Waals surface area contributed by atoms with Crippen LogP contribution in [0.25, 0.3) is 304 Å². The van der Waals surface area contributed by atoms with Crippen LogP contribution in [0.5, 0.6) is 0 Å². The lowest BCUT2D eigenvalue weighted by Gasteiger charge is -2.21. The van der Waals surface area contributed by atoms with Crippen molar-refractivity contribution in [3.8, 4) is 89.9 Å². The smallest absolute Gasteiger partial charge is 0.160 e. The van der Waals surface area contributed by atoms with E-state index in [9.17, 15) is 0 Å². The van der Waals surface area contributed by atoms with Crippen molar-refractivity contribution in [1.29, 1.82) is 0 Å². The fourth-order valence-electron chi connectivity index (χ4n) is 24.3. The Labute approximate surface area is 843 Å². The molecule has 146 heavy (non-hydrogen) atoms. The summed E-state index contributed by atoms with van der Waals surface area (Å²) in [5, 5.41) is 33.5. The third-order valence-electron chi connectivity index (χ3n) is 31.1. The molecular formula is C136H80N6O2S2. The summed E-state index contributed by atoms with van der Waals surface area (Å²) >= 11 is 3.71. The molecule has 10 heteroatoms. The van der Waals surface area contributed by atoms with Gasteiger partial charge in [-0.05, 0) is 251 Å². The van der Waals surface area contributed by atoms with E-state index in [0.717, 1.165) is 151 Å². The van der Waals surface area contributed by atoms with Crippen molar-refractivity contribution in [1.82, 2.24) is 29.9 Å². The number of rotatable bonds is 6. The Hall–Kier alpha value is -18.3. The number of hydrogen-bond donors (Lipinski definition) is 0. The van der Waals surface area contributed by atoms with Crippen molar-refractivity contribution in [2.45, 2.75) is 25.7 Å². The standard InChI is InChI=1S/C47H30N2S.C45H26N2O.C44H24N2OS/c1-47(2)38-15-6-3-11-35(38)43-33-23-20-27-18-19-28-26-29(21-22-30(28)42(27)32(33)24-25-39(43)47)46-48-40-16-7-4-12-36(40)44(49-46)37-14-9-13-34-31-10-5-8-17-41(31)50-45(34)37;1-2-8-32-27(7-1)23-29-16-22-36-37(43(29)32)21-15-26-13-14-28-24-30(17-19-33(28)42(26)36)44-45(47-39-11-5-4-10-38(39)46-44)31-18-20-35-34-9-3-6-12-40(34)48-41(35)25-31;1-5-11-37-30(7-1)31-19-17-28(24-38(31)47-37)44-43(45-35-9-3-4-10-36(35)46-44)27-16-18-29-26(23-27)14-13-25-15-20-33-32(41(25)29)21-22-40-42(33)34-8-2-6-12-39(34)48-40/h3-26H,1-2H3;1-22,24-25H,23H2;1-24H. The van der Waals surface area contributed by atoms with Crippen molar-refractivity contribution in [3.63, 3.8) is 0 Å². The van der Waals surface area contributed by atoms with Crippen LogP contribution in [0.3, 0.4) is 0 Å². The van der Waals surface area contributed by atoms with Crippen molar-refractivity contribution in [2.24, 2.45) is 0 Å². The molecule has 7 aromatic heterocycles. The van der Waals surface area contributed by atoms with E-state index in [-0.39, 0.29) is 5.41 Å². The molecule has 0 fully saturated rings. The molecule has 0 atom stereocenters. The maximum absolute atomic E-state index is 6.28. The van der Waals surface area contributed by atoms with Gasteiger partial charge in [0, 0.05) is 106 Å². The number of furan rings is 2. The highest BCUT2D eigenvalue weighted by Gasteiger charge is 2.37. The fraction of sp³-hybridized carbons (Fsp3) is 0.0294. The lowest BCUT2D eigenvalue weighted by molar-refractivity contribution is 0.661. The van der Waals surface area contributed by atoms with Crippen molar-refractivity contribution >= 4 is 237 Å². The quantitative estimate of drug-likeness (QED) is 0.152. The van der Waals surface area contributed by atoms with Crippen LogP contribution in [0.2, 0.25) is 0 Å². The Bertz CT molecular complexity index is 11200. The zero-order valence-corrected chi connectivity index (χ0v) is 80.7. The van der Waals surface area contributed by atoms with Gasteiger partial charge in [-0.25, -0.2) is 29.9 Å². The third kappa shape index (κ3) is 12.7. The van der Waals surface area contributed by atoms with Gasteiger partial charge in [0.15, 0.2) is 5.82 Å². The first kappa shape index (κ1) is 82.4. The molecular weight excluding hydrogens is 1810 g/mol. The number of para-hydroxylation sites is 7. The molecule has 7 heterocycles. The normalized spacial score (nSPS) is 12.8. The largest absolute Gasteiger partial charge is 0.456 e. The highest BCUT2D eigenvalue weighted by atomic mass is 32.1. The van der Waals surface area contributed by atoms with Gasteiger partial charge in [0.2, 0.25) is 0 Å². The summed E-state index contributed by atoms with van der Waals surface area (Å²) in [6.07, 6.45) is 0.997. The second-order valence-corrected chi connectivity index (χ2v) is 41.7. The average Bonchev–Trinajstić information content (AvgIpc) is 1.50. The van der Waals surface area contributed by atoms with Gasteiger partial charge < -0.3 is 8.83 Å². The van der Waals surface area contributed by atoms with E-state index >= 15 is 0 Å². The second kappa shape index (κ2) is 31.8. The molecule has 0 aliphatic heterocycles. The molecule has 0 radical (unpaired) electrons. The van der Waals surface area contributed by atoms with Crippen LogP contribution in [0, 0.1) is 0 Å². The maximum Gasteiger partial charge on any atom is 0.160 e. The summed E-state index contributed by atoms with van der Waals surface area (Å²) < 4.78 is 17.8. The van der Waals surface area contributed by atoms with E-state index in [1.807, 2.05) is 95.5 Å². The van der Waals surface area contributed by atoms with E-state index in [4.69, 9.17) is 38.7 Å². The van der Waals surface area contributed by atoms with Gasteiger partial charge in [0.25, 0.3) is 0 Å². The molecule has 0 spiro atoms. The van der Waals surface area contributed by atoms with Gasteiger partial charge >= 0.3 is 0 Å². The number of thiophene rings is 2. The summed E-state index contributed by atoms with van der Waals surface area (Å²) in [6.45, 7) is 4.70. The van der Waals surface area contributed by atoms with Gasteiger partial charge in [-0.15, -0.1) is 22.7 Å². The molecule has 0 saturated heterocycles. The predicted molar refractivity (Wildman–Crippen MR) is 615 cm³/mol. The lowest BCUT2D eigenvalue weighted by atomic mass is 9.82. The molecule has 24 aromatic carbocycles. The van der Waals surface area contributed by atoms with Crippen LogP contribution in [0.1, 0.15) is 36.1 Å². The van der Waals surface area contributed by atoms with Gasteiger partial charge in [-0.1, -0.05) is 347 Å². The number of nitrogens with zero attached hydrogens (tertiary/aromatic N) is 6. The molecule has 0 N–H and O–H groups in total. The molecule has 678 valence electrons. The topological polar surface area (TPSA) is 104 Å². The molecule has 2 aliphatic rings. The minimum Gasteiger partial charge on any atom is -0.456 e. The first-order valence-electron chi connectivity index (χ1n) is 49.8. The first-order chi connectivity index (χ1) is 72.1. The van der Waals surface area contributed by atoms with Crippen LogP contribution in [-0.4, -0.2) is 29.9 Å². The SMILES string of the molecule is CC1(C)c2ccccc2-c2c1ccc1c2ccc2ccc3cc(-c4nc(-c5cccc6c5sc5ccccc56)c5ccccc5n4)ccc3c21.c1ccc2c(c1)Cc1ccc3c(ccc4ccc5cc(-c6nc7ccccc7nc6-c6ccc7c(c6)oc6ccccc67)ccc5c43)c1-2.c1ccc2nc(-c3ccc4c(c3)oc3ccccc34)c(-c3ccc4c(ccc5ccc6c(ccc7sc8ccccc8c76)c54)c3)nc2c1. The predicted octanol–water partition coefficient (Wildman–Crippen LogP) is 37.7. The first-order valence-corrected chi connectivity index (χ1v) is 51.5. The number of aromatic nitrogens is 6. The van der Waals surface area contributed by atoms with E-state index in [0.29, 0.717) is 0 Å². The van der Waals surface area contributed by atoms with Crippen molar-refractivity contribution in [3.05, 3.63) is 459 Å². The van der Waals surface area contributed by atoms with Crippen LogP contribution in [-0.2, 0) is 11.8 Å². The molecule has 0 amide bonds. The van der Waals surface area contributed by atoms with Gasteiger partial charge in [-0.3, -0.25) is 0 Å². The zero-order chi connectivity index (χ0) is 95.8. The Kier molecular flexibility index (Phi) is 18.0. The van der Waals surface area contributed by atoms with E-state index in [1.54, 1.807) is 0 Å². The molecule has 2 aliphatic carbocycles. The van der Waals surface area contributed by atoms with Crippen LogP contribution in [0.4, 0.5) is 0 Å². The number of fused-ring (bicyclic) bond motifs is 39. The number of hydrogen-bond acceptors (Lipinski definition) is 10. The fourth-order valence-corrected chi connectivity index (χ4v) is 26.6. The monoisotopic (exact) mass is 1890 g/mol. The van der Waals surface area contributed by atoms with Crippen LogP contribution >= 0.6 is 22.7 Å². The van der Waals surface area contributed by atoms with E-state index in [1.165, 1.54) is 182 Å².